The van der Waals surface area contributed by atoms with Gasteiger partial charge >= 0.3 is 12.4 Å². The van der Waals surface area contributed by atoms with Crippen LogP contribution in [0.15, 0.2) is 207 Å². The molecule has 4 heterocycles. The molecule has 10 aromatic rings. The molecule has 2 aromatic heterocycles. The van der Waals surface area contributed by atoms with Crippen LogP contribution in [0.4, 0.5) is 43.9 Å². The molecule has 12 nitrogen and oxygen atoms in total. The van der Waals surface area contributed by atoms with Gasteiger partial charge in [0, 0.05) is 118 Å². The third kappa shape index (κ3) is 19.2. The first-order chi connectivity index (χ1) is 58.2. The monoisotopic (exact) mass is 1520 g/mol. The van der Waals surface area contributed by atoms with Crippen molar-refractivity contribution in [2.75, 3.05) is 66.7 Å². The van der Waals surface area contributed by atoms with E-state index in [1.165, 1.54) is 44.4 Å². The quantitative estimate of drug-likeness (QED) is 0.0428. The number of hydrogen-bond donors (Lipinski definition) is 0. The minimum absolute atomic E-state index is 0.000648. The highest BCUT2D eigenvalue weighted by Crippen LogP contribution is 2.37. The highest BCUT2D eigenvalue weighted by molar-refractivity contribution is 7.98. The standard InChI is InChI=1S/2C41H40F5N3O3S/c1-27(28-10-12-29(13-11-28)30-14-16-32(17-15-30)41(44,45)46)49(33-18-20-47(21-19-33)22-23-52-2)38(51)25-48-36-9-4-3-7-34(36)37(50)24-39(48)53-26-31-6-5-8-35(42)40(31)43;1-27-6-15-36-34(22-27)37(50)23-39(53-26-31-4-3-5-35(42)40(31)43)49(36)25-38(51)48(33-16-18-47(19-17-33)20-21-52-2)24-28-7-9-29(10-8-28)30-11-13-32(14-12-30)41(44,45)46/h3-17,24,27,33H,18-23,25-26H2,1-2H3;3-15,22-23,33H,16-21,24-26H2,1-2H3/i27D;3D,4D,5D,6D,7D,8D,9D,10D,11D,12D,13D,14D,15D,22D,23D,24D2. The molecule has 0 radical (unpaired) electrons. The fourth-order valence-corrected chi connectivity index (χ4v) is 14.3. The number of pyridine rings is 2. The number of fused-ring (bicyclic) bond motifs is 2. The summed E-state index contributed by atoms with van der Waals surface area (Å²) in [6.07, 6.45) is -8.71. The van der Waals surface area contributed by atoms with E-state index in [9.17, 15) is 58.0 Å². The van der Waals surface area contributed by atoms with Crippen molar-refractivity contribution in [2.45, 2.75) is 111 Å². The molecule has 1 unspecified atom stereocenters. The average Bonchev–Trinajstić information content (AvgIpc) is 0.720. The molecule has 8 aromatic carbocycles. The second-order valence-corrected chi connectivity index (χ2v) is 26.8. The Morgan fingerprint density at radius 1 is 0.575 bits per heavy atom. The minimum atomic E-state index is -5.38. The van der Waals surface area contributed by atoms with E-state index in [1.807, 2.05) is 4.90 Å². The van der Waals surface area contributed by atoms with Crippen molar-refractivity contribution in [3.63, 3.8) is 0 Å². The predicted octanol–water partition coefficient (Wildman–Crippen LogP) is 17.7. The Morgan fingerprint density at radius 3 is 1.75 bits per heavy atom. The maximum absolute atomic E-state index is 15.3. The summed E-state index contributed by atoms with van der Waals surface area (Å²) in [6.45, 7) is 1.74. The van der Waals surface area contributed by atoms with E-state index in [1.54, 1.807) is 72.0 Å². The molecule has 1 atom stereocenters. The Bertz CT molecular complexity index is 5840. The molecule has 0 N–H and O–H groups in total. The normalized spacial score (nSPS) is 17.3. The zero-order valence-electron chi connectivity index (χ0n) is 75.4. The van der Waals surface area contributed by atoms with Gasteiger partial charge in [0.2, 0.25) is 11.8 Å². The lowest BCUT2D eigenvalue weighted by atomic mass is 9.96. The number of thioether (sulfide) groups is 2. The van der Waals surface area contributed by atoms with Crippen molar-refractivity contribution in [1.29, 1.82) is 0 Å². The summed E-state index contributed by atoms with van der Waals surface area (Å²) in [5.74, 6) is -7.99. The number of benzene rings is 8. The van der Waals surface area contributed by atoms with E-state index in [2.05, 4.69) is 4.90 Å². The summed E-state index contributed by atoms with van der Waals surface area (Å²) in [5.41, 5.74) is -6.69. The van der Waals surface area contributed by atoms with Crippen LogP contribution >= 0.6 is 23.5 Å². The number of rotatable bonds is 24. The predicted molar refractivity (Wildman–Crippen MR) is 395 cm³/mol. The van der Waals surface area contributed by atoms with Crippen LogP contribution in [0.25, 0.3) is 44.1 Å². The van der Waals surface area contributed by atoms with Gasteiger partial charge in [-0.05, 0) is 133 Å². The van der Waals surface area contributed by atoms with Crippen LogP contribution in [0.2, 0.25) is 0 Å². The molecule has 556 valence electrons. The smallest absolute Gasteiger partial charge is 0.383 e. The number of alkyl halides is 6. The Labute approximate surface area is 641 Å². The third-order valence-electron chi connectivity index (χ3n) is 17.9. The number of methoxy groups -OCH3 is 2. The van der Waals surface area contributed by atoms with Gasteiger partial charge in [0.15, 0.2) is 34.1 Å². The minimum Gasteiger partial charge on any atom is -0.383 e. The van der Waals surface area contributed by atoms with E-state index >= 15 is 9.18 Å². The molecule has 0 spiro atoms. The van der Waals surface area contributed by atoms with E-state index < -0.39 is 218 Å². The van der Waals surface area contributed by atoms with Crippen molar-refractivity contribution >= 4 is 57.1 Å². The first-order valence-corrected chi connectivity index (χ1v) is 35.2. The average molecular weight is 1520 g/mol. The SMILES string of the molecule is [2H]C(C)(c1ccc(-c2ccc(C(F)(F)F)cc2)cc1)N(C(=O)Cn1c(SCc2cccc(F)c2F)cc(=O)c2ccccc21)C1CCN(CCOC)CC1.[2H]c1c([2H])c(F)c(F)c(CSc2c([2H])c(=O)c3c([2H])c(C)c([2H])c([2H])c3n2CC(=O)N(C2CCN(CCOC)CC2)C([2H])([2H])c2c([2H])c([2H])c(-c3c([2H])c([2H])c(C(F)(F)F)c([2H])c3[2H])c([2H])c2[2H])c1[2H]. The molecule has 0 saturated carbocycles. The van der Waals surface area contributed by atoms with Gasteiger partial charge in [-0.15, -0.1) is 23.5 Å². The molecule has 12 rings (SSSR count). The fraction of sp³-hybridized carbons (Fsp3) is 0.317. The van der Waals surface area contributed by atoms with Crippen LogP contribution in [0.5, 0.6) is 0 Å². The lowest BCUT2D eigenvalue weighted by molar-refractivity contribution is -0.138. The molecule has 24 heteroatoms. The number of nitrogens with zero attached hydrogens (tertiary/aromatic N) is 6. The number of amides is 2. The zero-order chi connectivity index (χ0) is 91.2. The van der Waals surface area contributed by atoms with Gasteiger partial charge in [-0.1, -0.05) is 121 Å². The summed E-state index contributed by atoms with van der Waals surface area (Å²) in [7, 11) is 3.10. The molecule has 2 saturated heterocycles. The number of aromatic nitrogens is 2. The van der Waals surface area contributed by atoms with Crippen LogP contribution in [-0.2, 0) is 62.5 Å². The molecular formula is C82H80F10N6O6S2. The summed E-state index contributed by atoms with van der Waals surface area (Å²) in [5, 5.41) is -0.475. The molecule has 2 fully saturated rings. The third-order valence-corrected chi connectivity index (χ3v) is 20.0. The number of carbonyl (C=O) groups excluding carboxylic acids is 2. The maximum atomic E-state index is 15.3. The molecule has 2 aliphatic heterocycles. The lowest BCUT2D eigenvalue weighted by Crippen LogP contribution is -2.49. The number of piperidine rings is 2. The Kier molecular flexibility index (Phi) is 18.9. The Morgan fingerprint density at radius 2 is 1.13 bits per heavy atom. The molecule has 106 heavy (non-hydrogen) atoms. The summed E-state index contributed by atoms with van der Waals surface area (Å²) in [4.78, 5) is 63.5. The number of para-hydroxylation sites is 1. The molecule has 2 amide bonds. The highest BCUT2D eigenvalue weighted by Gasteiger charge is 2.35. The van der Waals surface area contributed by atoms with Crippen molar-refractivity contribution in [3.8, 4) is 22.3 Å². The van der Waals surface area contributed by atoms with Crippen LogP contribution in [-0.4, -0.2) is 119 Å². The first kappa shape index (κ1) is 57.2. The van der Waals surface area contributed by atoms with Crippen molar-refractivity contribution in [2.24, 2.45) is 0 Å². The summed E-state index contributed by atoms with van der Waals surface area (Å²) in [6, 6.07) is 3.74. The van der Waals surface area contributed by atoms with Gasteiger partial charge < -0.3 is 38.2 Å². The lowest BCUT2D eigenvalue weighted by Gasteiger charge is -2.42. The zero-order valence-corrected chi connectivity index (χ0v) is 59.1. The largest absolute Gasteiger partial charge is 0.416 e. The topological polar surface area (TPSA) is 110 Å². The first-order valence-electron chi connectivity index (χ1n) is 42.3. The highest BCUT2D eigenvalue weighted by atomic mass is 32.2. The number of ether oxygens (including phenoxy) is 2. The number of likely N-dealkylation sites (tertiary alicyclic amines) is 2. The maximum Gasteiger partial charge on any atom is 0.416 e. The summed E-state index contributed by atoms with van der Waals surface area (Å²) >= 11 is 1.45. The van der Waals surface area contributed by atoms with Gasteiger partial charge in [-0.3, -0.25) is 19.2 Å². The van der Waals surface area contributed by atoms with E-state index in [4.69, 9.17) is 30.0 Å². The van der Waals surface area contributed by atoms with Crippen molar-refractivity contribution in [1.82, 2.24) is 28.7 Å². The molecule has 0 bridgehead atoms. The summed E-state index contributed by atoms with van der Waals surface area (Å²) < 4.78 is 309. The van der Waals surface area contributed by atoms with Gasteiger partial charge in [0.25, 0.3) is 0 Å². The fourth-order valence-electron chi connectivity index (χ4n) is 12.3. The van der Waals surface area contributed by atoms with Crippen LogP contribution in [0.3, 0.4) is 0 Å². The van der Waals surface area contributed by atoms with Crippen LogP contribution < -0.4 is 10.9 Å². The second kappa shape index (κ2) is 35.1. The Hall–Kier alpha value is -9.04. The van der Waals surface area contributed by atoms with Gasteiger partial charge in [0.1, 0.15) is 13.1 Å². The van der Waals surface area contributed by atoms with Gasteiger partial charge in [0.05, 0.1) is 76.1 Å². The number of halogens is 10. The number of hydrogen-bond acceptors (Lipinski definition) is 10. The Balaban J connectivity index is 0.000000249. The van der Waals surface area contributed by atoms with Gasteiger partial charge in [-0.25, -0.2) is 17.6 Å². The molecular weight excluding hydrogens is 1420 g/mol. The number of carbonyl (C=O) groups is 2. The van der Waals surface area contributed by atoms with E-state index in [-0.39, 0.29) is 73.3 Å². The van der Waals surface area contributed by atoms with Crippen LogP contribution in [0.1, 0.15) is 102 Å². The van der Waals surface area contributed by atoms with E-state index in [0.717, 1.165) is 41.1 Å². The molecule has 2 aliphatic rings. The second-order valence-electron chi connectivity index (χ2n) is 24.8. The van der Waals surface area contributed by atoms with E-state index in [0.29, 0.717) is 88.4 Å². The van der Waals surface area contributed by atoms with Crippen molar-refractivity contribution < 1.29 is 87.6 Å². The van der Waals surface area contributed by atoms with Crippen molar-refractivity contribution in [3.05, 3.63) is 270 Å². The van der Waals surface area contributed by atoms with Gasteiger partial charge in [-0.2, -0.15) is 26.3 Å². The van der Waals surface area contributed by atoms with Crippen LogP contribution in [0, 0.1) is 30.2 Å². The molecule has 0 aliphatic carbocycles.